The van der Waals surface area contributed by atoms with Crippen LogP contribution >= 0.6 is 15.9 Å². The highest BCUT2D eigenvalue weighted by Crippen LogP contribution is 2.28. The average Bonchev–Trinajstić information content (AvgIpc) is 2.79. The van der Waals surface area contributed by atoms with Gasteiger partial charge in [-0.25, -0.2) is 0 Å². The van der Waals surface area contributed by atoms with E-state index in [1.807, 2.05) is 0 Å². The van der Waals surface area contributed by atoms with Gasteiger partial charge in [0, 0.05) is 17.3 Å². The molecule has 0 saturated heterocycles. The van der Waals surface area contributed by atoms with Gasteiger partial charge in [0.2, 0.25) is 5.91 Å². The lowest BCUT2D eigenvalue weighted by molar-refractivity contribution is -0.123. The zero-order chi connectivity index (χ0) is 12.7. The Balaban J connectivity index is 2.26. The van der Waals surface area contributed by atoms with E-state index in [-0.39, 0.29) is 11.4 Å². The highest BCUT2D eigenvalue weighted by molar-refractivity contribution is 9.09. The van der Waals surface area contributed by atoms with E-state index in [1.54, 1.807) is 0 Å². The summed E-state index contributed by atoms with van der Waals surface area (Å²) in [6.07, 6.45) is 9.18. The van der Waals surface area contributed by atoms with E-state index in [2.05, 4.69) is 35.1 Å². The molecule has 0 bridgehead atoms. The van der Waals surface area contributed by atoms with Gasteiger partial charge in [-0.1, -0.05) is 48.5 Å². The fourth-order valence-corrected chi connectivity index (χ4v) is 3.44. The summed E-state index contributed by atoms with van der Waals surface area (Å²) in [5, 5.41) is 4.14. The van der Waals surface area contributed by atoms with Crippen LogP contribution in [0.5, 0.6) is 0 Å². The second kappa shape index (κ2) is 7.40. The summed E-state index contributed by atoms with van der Waals surface area (Å²) in [5.74, 6) is 1.05. The van der Waals surface area contributed by atoms with E-state index in [1.165, 1.54) is 25.7 Å². The number of carbonyl (C=O) groups excluding carboxylic acids is 1. The van der Waals surface area contributed by atoms with Crippen LogP contribution in [0.15, 0.2) is 0 Å². The van der Waals surface area contributed by atoms with Crippen LogP contribution in [-0.2, 0) is 4.79 Å². The van der Waals surface area contributed by atoms with E-state index in [0.717, 1.165) is 30.5 Å². The lowest BCUT2D eigenvalue weighted by Gasteiger charge is -2.29. The van der Waals surface area contributed by atoms with Crippen molar-refractivity contribution in [2.45, 2.75) is 70.8 Å². The molecule has 100 valence electrons. The fourth-order valence-electron chi connectivity index (χ4n) is 2.57. The van der Waals surface area contributed by atoms with Crippen molar-refractivity contribution in [2.75, 3.05) is 5.33 Å². The molecule has 0 aromatic carbocycles. The number of nitrogens with one attached hydrogen (secondary N) is 1. The van der Waals surface area contributed by atoms with Crippen molar-refractivity contribution in [3.05, 3.63) is 0 Å². The Labute approximate surface area is 114 Å². The van der Waals surface area contributed by atoms with Crippen molar-refractivity contribution in [3.63, 3.8) is 0 Å². The standard InChI is InChI=1S/C14H26BrNO/c1-3-14(2,10-11-15)16-13(17)9-8-12-6-4-5-7-12/h12H,3-11H2,1-2H3,(H,16,17). The van der Waals surface area contributed by atoms with Gasteiger partial charge in [-0.2, -0.15) is 0 Å². The maximum atomic E-state index is 11.9. The van der Waals surface area contributed by atoms with E-state index in [9.17, 15) is 4.79 Å². The minimum Gasteiger partial charge on any atom is -0.351 e. The Morgan fingerprint density at radius 2 is 2.06 bits per heavy atom. The molecular formula is C14H26BrNO. The maximum Gasteiger partial charge on any atom is 0.220 e. The molecule has 17 heavy (non-hydrogen) atoms. The molecule has 0 aromatic heterocycles. The molecule has 0 radical (unpaired) electrons. The third-order valence-corrected chi connectivity index (χ3v) is 4.52. The molecule has 1 saturated carbocycles. The fraction of sp³-hybridized carbons (Fsp3) is 0.929. The number of hydrogen-bond acceptors (Lipinski definition) is 1. The van der Waals surface area contributed by atoms with Gasteiger partial charge >= 0.3 is 0 Å². The number of halogens is 1. The first-order chi connectivity index (χ1) is 8.09. The lowest BCUT2D eigenvalue weighted by atomic mass is 9.94. The molecule has 1 aliphatic carbocycles. The molecule has 0 aliphatic heterocycles. The highest BCUT2D eigenvalue weighted by atomic mass is 79.9. The molecule has 1 rings (SSSR count). The molecule has 0 heterocycles. The summed E-state index contributed by atoms with van der Waals surface area (Å²) in [6, 6.07) is 0. The minimum atomic E-state index is -0.0315. The highest BCUT2D eigenvalue weighted by Gasteiger charge is 2.24. The van der Waals surface area contributed by atoms with Crippen LogP contribution in [0.2, 0.25) is 0 Å². The van der Waals surface area contributed by atoms with Crippen molar-refractivity contribution >= 4 is 21.8 Å². The first-order valence-electron chi connectivity index (χ1n) is 6.96. The smallest absolute Gasteiger partial charge is 0.220 e. The summed E-state index contributed by atoms with van der Waals surface area (Å²) in [5.41, 5.74) is -0.0315. The number of alkyl halides is 1. The van der Waals surface area contributed by atoms with E-state index >= 15 is 0 Å². The van der Waals surface area contributed by atoms with Crippen molar-refractivity contribution in [1.82, 2.24) is 5.32 Å². The molecule has 1 N–H and O–H groups in total. The lowest BCUT2D eigenvalue weighted by Crippen LogP contribution is -2.45. The van der Waals surface area contributed by atoms with Gasteiger partial charge in [0.1, 0.15) is 0 Å². The first-order valence-corrected chi connectivity index (χ1v) is 8.09. The molecule has 1 unspecified atom stereocenters. The maximum absolute atomic E-state index is 11.9. The molecule has 1 aliphatic rings. The Morgan fingerprint density at radius 3 is 2.59 bits per heavy atom. The Bertz CT molecular complexity index is 238. The first kappa shape index (κ1) is 15.0. The predicted molar refractivity (Wildman–Crippen MR) is 76.4 cm³/mol. The predicted octanol–water partition coefficient (Wildman–Crippen LogP) is 4.03. The van der Waals surface area contributed by atoms with Gasteiger partial charge in [0.15, 0.2) is 0 Å². The summed E-state index contributed by atoms with van der Waals surface area (Å²) >= 11 is 3.46. The summed E-state index contributed by atoms with van der Waals surface area (Å²) in [6.45, 7) is 4.28. The number of rotatable bonds is 7. The Morgan fingerprint density at radius 1 is 1.41 bits per heavy atom. The van der Waals surface area contributed by atoms with Crippen molar-refractivity contribution < 1.29 is 4.79 Å². The van der Waals surface area contributed by atoms with E-state index in [0.29, 0.717) is 6.42 Å². The number of carbonyl (C=O) groups is 1. The molecular weight excluding hydrogens is 278 g/mol. The normalized spacial score (nSPS) is 20.2. The third-order valence-electron chi connectivity index (χ3n) is 4.12. The Kier molecular flexibility index (Phi) is 6.53. The van der Waals surface area contributed by atoms with Gasteiger partial charge in [0.05, 0.1) is 0 Å². The quantitative estimate of drug-likeness (QED) is 0.707. The monoisotopic (exact) mass is 303 g/mol. The molecule has 0 aromatic rings. The minimum absolute atomic E-state index is 0.0315. The van der Waals surface area contributed by atoms with Crippen LogP contribution in [-0.4, -0.2) is 16.8 Å². The SMILES string of the molecule is CCC(C)(CCBr)NC(=O)CCC1CCCC1. The van der Waals surface area contributed by atoms with Gasteiger partial charge in [-0.05, 0) is 32.1 Å². The molecule has 0 spiro atoms. The zero-order valence-corrected chi connectivity index (χ0v) is 12.8. The Hall–Kier alpha value is -0.0500. The largest absolute Gasteiger partial charge is 0.351 e. The summed E-state index contributed by atoms with van der Waals surface area (Å²) < 4.78 is 0. The van der Waals surface area contributed by atoms with Crippen LogP contribution < -0.4 is 5.32 Å². The third kappa shape index (κ3) is 5.41. The topological polar surface area (TPSA) is 29.1 Å². The van der Waals surface area contributed by atoms with Crippen LogP contribution in [0.1, 0.15) is 65.2 Å². The summed E-state index contributed by atoms with van der Waals surface area (Å²) in [4.78, 5) is 11.9. The number of amides is 1. The molecule has 1 atom stereocenters. The number of hydrogen-bond donors (Lipinski definition) is 1. The second-order valence-corrected chi connectivity index (χ2v) is 6.38. The van der Waals surface area contributed by atoms with Crippen LogP contribution in [0.25, 0.3) is 0 Å². The van der Waals surface area contributed by atoms with Crippen molar-refractivity contribution in [3.8, 4) is 0 Å². The van der Waals surface area contributed by atoms with Gasteiger partial charge < -0.3 is 5.32 Å². The van der Waals surface area contributed by atoms with Gasteiger partial charge in [-0.15, -0.1) is 0 Å². The van der Waals surface area contributed by atoms with Gasteiger partial charge in [-0.3, -0.25) is 4.79 Å². The molecule has 1 amide bonds. The zero-order valence-electron chi connectivity index (χ0n) is 11.2. The van der Waals surface area contributed by atoms with Crippen LogP contribution in [0.3, 0.4) is 0 Å². The van der Waals surface area contributed by atoms with Gasteiger partial charge in [0.25, 0.3) is 0 Å². The van der Waals surface area contributed by atoms with E-state index in [4.69, 9.17) is 0 Å². The average molecular weight is 304 g/mol. The van der Waals surface area contributed by atoms with Crippen LogP contribution in [0, 0.1) is 5.92 Å². The van der Waals surface area contributed by atoms with Crippen molar-refractivity contribution in [2.24, 2.45) is 5.92 Å². The van der Waals surface area contributed by atoms with Crippen molar-refractivity contribution in [1.29, 1.82) is 0 Å². The van der Waals surface area contributed by atoms with E-state index < -0.39 is 0 Å². The summed E-state index contributed by atoms with van der Waals surface area (Å²) in [7, 11) is 0. The molecule has 2 nitrogen and oxygen atoms in total. The molecule has 1 fully saturated rings. The van der Waals surface area contributed by atoms with Crippen LogP contribution in [0.4, 0.5) is 0 Å². The second-order valence-electron chi connectivity index (χ2n) is 5.59. The molecule has 3 heteroatoms.